The molecular weight excluding hydrogens is 713 g/mol. The number of allylic oxidation sites excluding steroid dienone is 1. The highest BCUT2D eigenvalue weighted by Crippen LogP contribution is 2.41. The first kappa shape index (κ1) is 35.2. The maximum Gasteiger partial charge on any atom is 0.338 e. The van der Waals surface area contributed by atoms with E-state index in [-0.39, 0.29) is 23.4 Å². The predicted octanol–water partition coefficient (Wildman–Crippen LogP) is 7.99. The Morgan fingerprint density at radius 3 is 2.25 bits per heavy atom. The van der Waals surface area contributed by atoms with Gasteiger partial charge in [0.05, 0.1) is 45.8 Å². The van der Waals surface area contributed by atoms with Crippen molar-refractivity contribution in [1.29, 1.82) is 0 Å². The number of benzene rings is 5. The number of hydrogen-bond acceptors (Lipinski definition) is 8. The van der Waals surface area contributed by atoms with E-state index in [9.17, 15) is 19.7 Å². The van der Waals surface area contributed by atoms with Crippen LogP contribution in [0.1, 0.15) is 31.0 Å². The summed E-state index contributed by atoms with van der Waals surface area (Å²) < 4.78 is 15.5. The molecule has 11 heteroatoms. The molecule has 0 aliphatic carbocycles. The lowest BCUT2D eigenvalue weighted by atomic mass is 9.90. The summed E-state index contributed by atoms with van der Waals surface area (Å²) in [5.41, 5.74) is 5.88. The van der Waals surface area contributed by atoms with Gasteiger partial charge in [-0.25, -0.2) is 9.79 Å². The molecule has 7 aromatic rings. The first-order valence-electron chi connectivity index (χ1n) is 17.7. The third-order valence-electron chi connectivity index (χ3n) is 9.69. The number of fused-ring (bicyclic) bond motifs is 2. The van der Waals surface area contributed by atoms with Crippen LogP contribution >= 0.6 is 11.3 Å². The van der Waals surface area contributed by atoms with E-state index in [4.69, 9.17) is 14.5 Å². The van der Waals surface area contributed by atoms with Gasteiger partial charge in [0.2, 0.25) is 0 Å². The summed E-state index contributed by atoms with van der Waals surface area (Å²) in [5.74, 6) is -0.0362. The molecule has 2 aromatic heterocycles. The van der Waals surface area contributed by atoms with E-state index in [1.807, 2.05) is 109 Å². The highest BCUT2D eigenvalue weighted by molar-refractivity contribution is 7.07. The molecule has 55 heavy (non-hydrogen) atoms. The lowest BCUT2D eigenvalue weighted by molar-refractivity contribution is -0.384. The summed E-state index contributed by atoms with van der Waals surface area (Å²) in [6, 6.07) is 38.8. The molecule has 0 spiro atoms. The summed E-state index contributed by atoms with van der Waals surface area (Å²) in [5, 5.41) is 13.3. The Kier molecular flexibility index (Phi) is 9.29. The minimum atomic E-state index is -0.892. The van der Waals surface area contributed by atoms with Gasteiger partial charge in [0, 0.05) is 28.9 Å². The van der Waals surface area contributed by atoms with Crippen molar-refractivity contribution >= 4 is 39.8 Å². The van der Waals surface area contributed by atoms with E-state index >= 15 is 0 Å². The molecular formula is C44H34N4O6S. The van der Waals surface area contributed by atoms with Crippen molar-refractivity contribution in [2.75, 3.05) is 13.7 Å². The zero-order valence-electron chi connectivity index (χ0n) is 30.1. The van der Waals surface area contributed by atoms with Gasteiger partial charge in [0.15, 0.2) is 4.80 Å². The topological polar surface area (TPSA) is 118 Å². The minimum absolute atomic E-state index is 0.0189. The number of non-ortho nitro benzene ring substituents is 1. The Hall–Kier alpha value is -6.85. The van der Waals surface area contributed by atoms with Crippen molar-refractivity contribution in [3.63, 3.8) is 0 Å². The molecule has 1 aliphatic heterocycles. The number of carbonyl (C=O) groups excluding carboxylic acids is 1. The molecule has 10 nitrogen and oxygen atoms in total. The molecule has 1 aliphatic rings. The van der Waals surface area contributed by atoms with Crippen LogP contribution in [0.2, 0.25) is 0 Å². The summed E-state index contributed by atoms with van der Waals surface area (Å²) in [7, 11) is 1.57. The number of nitro benzene ring substituents is 1. The van der Waals surface area contributed by atoms with Crippen LogP contribution < -0.4 is 19.6 Å². The van der Waals surface area contributed by atoms with E-state index < -0.39 is 16.9 Å². The number of hydrogen-bond donors (Lipinski definition) is 0. The zero-order chi connectivity index (χ0) is 38.2. The van der Waals surface area contributed by atoms with Crippen molar-refractivity contribution in [3.8, 4) is 34.0 Å². The van der Waals surface area contributed by atoms with E-state index in [1.54, 1.807) is 37.7 Å². The minimum Gasteiger partial charge on any atom is -0.496 e. The van der Waals surface area contributed by atoms with Crippen LogP contribution in [-0.2, 0) is 9.53 Å². The number of aromatic nitrogens is 2. The summed E-state index contributed by atoms with van der Waals surface area (Å²) in [6.07, 6.45) is 1.86. The van der Waals surface area contributed by atoms with Crippen LogP contribution in [0.25, 0.3) is 45.1 Å². The number of esters is 1. The van der Waals surface area contributed by atoms with Crippen LogP contribution in [0, 0.1) is 10.1 Å². The van der Waals surface area contributed by atoms with Crippen LogP contribution in [0.5, 0.6) is 5.75 Å². The number of methoxy groups -OCH3 is 1. The summed E-state index contributed by atoms with van der Waals surface area (Å²) in [4.78, 5) is 45.2. The second-order valence-electron chi connectivity index (χ2n) is 12.9. The number of thiazole rings is 1. The molecule has 272 valence electrons. The van der Waals surface area contributed by atoms with Gasteiger partial charge in [0.1, 0.15) is 11.8 Å². The quantitative estimate of drug-likeness (QED) is 0.0840. The van der Waals surface area contributed by atoms with E-state index in [1.165, 1.54) is 23.5 Å². The fourth-order valence-electron chi connectivity index (χ4n) is 7.29. The Balaban J connectivity index is 1.43. The van der Waals surface area contributed by atoms with E-state index in [0.29, 0.717) is 32.0 Å². The number of ether oxygens (including phenoxy) is 2. The van der Waals surface area contributed by atoms with Gasteiger partial charge < -0.3 is 14.0 Å². The molecule has 1 atom stereocenters. The smallest absolute Gasteiger partial charge is 0.338 e. The highest BCUT2D eigenvalue weighted by Gasteiger charge is 2.36. The second-order valence-corrected chi connectivity index (χ2v) is 13.9. The highest BCUT2D eigenvalue weighted by atomic mass is 32.1. The van der Waals surface area contributed by atoms with Crippen molar-refractivity contribution < 1.29 is 19.2 Å². The molecule has 0 fully saturated rings. The fourth-order valence-corrected chi connectivity index (χ4v) is 8.32. The molecule has 5 aromatic carbocycles. The molecule has 0 N–H and O–H groups in total. The monoisotopic (exact) mass is 746 g/mol. The molecule has 0 unspecified atom stereocenters. The van der Waals surface area contributed by atoms with Gasteiger partial charge in [-0.2, -0.15) is 0 Å². The van der Waals surface area contributed by atoms with Crippen LogP contribution in [-0.4, -0.2) is 33.7 Å². The number of rotatable bonds is 9. The third kappa shape index (κ3) is 6.24. The van der Waals surface area contributed by atoms with Crippen LogP contribution in [0.3, 0.4) is 0 Å². The van der Waals surface area contributed by atoms with Crippen molar-refractivity contribution in [2.24, 2.45) is 4.99 Å². The molecule has 0 radical (unpaired) electrons. The molecule has 0 amide bonds. The Morgan fingerprint density at radius 1 is 0.909 bits per heavy atom. The average Bonchev–Trinajstić information content (AvgIpc) is 3.74. The van der Waals surface area contributed by atoms with Gasteiger partial charge in [-0.05, 0) is 66.1 Å². The summed E-state index contributed by atoms with van der Waals surface area (Å²) >= 11 is 1.24. The molecule has 0 bridgehead atoms. The fraction of sp³-hybridized carbons (Fsp3) is 0.114. The number of nitrogens with zero attached hydrogens (tertiary/aromatic N) is 4. The zero-order valence-corrected chi connectivity index (χ0v) is 30.9. The average molecular weight is 747 g/mol. The summed E-state index contributed by atoms with van der Waals surface area (Å²) in [6.45, 7) is 3.66. The van der Waals surface area contributed by atoms with Crippen molar-refractivity contribution in [1.82, 2.24) is 9.13 Å². The standard InChI is InChI=1S/C44H34N4O6S/c1-4-54-43(50)38-27(2)45-44-47(41(38)39-34-18-12-11-13-28(34)19-24-36(39)53-3)42(49)37(55-44)26-31-25-35(29-14-7-5-8-15-29)46(40(31)30-16-9-6-10-17-30)32-20-22-33(23-21-32)48(51)52/h5-26,41H,4H2,1-3H3/b37-26-/t41-/m1/s1. The van der Waals surface area contributed by atoms with Gasteiger partial charge in [-0.15, -0.1) is 0 Å². The first-order valence-corrected chi connectivity index (χ1v) is 18.5. The number of carbonyl (C=O) groups is 1. The Bertz CT molecular complexity index is 2840. The SMILES string of the molecule is CCOC(=O)C1=C(C)N=c2s/c(=C\c3cc(-c4ccccc4)n(-c4ccc([N+](=O)[O-])cc4)c3-c3ccccc3)c(=O)n2[C@H]1c1c(OC)ccc2ccccc12. The van der Waals surface area contributed by atoms with Crippen LogP contribution in [0.15, 0.2) is 148 Å². The van der Waals surface area contributed by atoms with Gasteiger partial charge >= 0.3 is 5.97 Å². The third-order valence-corrected chi connectivity index (χ3v) is 10.7. The molecule has 0 saturated heterocycles. The van der Waals surface area contributed by atoms with E-state index in [0.717, 1.165) is 38.9 Å². The van der Waals surface area contributed by atoms with Crippen LogP contribution in [0.4, 0.5) is 5.69 Å². The first-order chi connectivity index (χ1) is 26.8. The van der Waals surface area contributed by atoms with Gasteiger partial charge in [-0.1, -0.05) is 102 Å². The predicted molar refractivity (Wildman–Crippen MR) is 214 cm³/mol. The van der Waals surface area contributed by atoms with Gasteiger partial charge in [0.25, 0.3) is 11.2 Å². The van der Waals surface area contributed by atoms with Gasteiger partial charge in [-0.3, -0.25) is 19.5 Å². The molecule has 0 saturated carbocycles. The number of nitro groups is 1. The van der Waals surface area contributed by atoms with Crippen molar-refractivity contribution in [3.05, 3.63) is 180 Å². The molecule has 8 rings (SSSR count). The normalized spacial score (nSPS) is 14.1. The lowest BCUT2D eigenvalue weighted by Gasteiger charge is -2.27. The Morgan fingerprint density at radius 2 is 1.58 bits per heavy atom. The van der Waals surface area contributed by atoms with Crippen molar-refractivity contribution in [2.45, 2.75) is 19.9 Å². The molecule has 3 heterocycles. The second kappa shape index (κ2) is 14.5. The maximum atomic E-state index is 14.9. The largest absolute Gasteiger partial charge is 0.496 e. The lowest BCUT2D eigenvalue weighted by Crippen LogP contribution is -2.40. The van der Waals surface area contributed by atoms with E-state index in [2.05, 4.69) is 4.57 Å². The maximum absolute atomic E-state index is 14.9. The Labute approximate surface area is 319 Å².